The fraction of sp³-hybridized carbons (Fsp3) is 0.318. The highest BCUT2D eigenvalue weighted by atomic mass is 16.6. The van der Waals surface area contributed by atoms with Gasteiger partial charge in [-0.05, 0) is 39.0 Å². The van der Waals surface area contributed by atoms with E-state index >= 15 is 0 Å². The zero-order chi connectivity index (χ0) is 24.5. The molecule has 0 fully saturated rings. The van der Waals surface area contributed by atoms with Gasteiger partial charge in [0.1, 0.15) is 5.56 Å². The van der Waals surface area contributed by atoms with E-state index in [0.29, 0.717) is 0 Å². The first-order valence-electron chi connectivity index (χ1n) is 10.0. The number of carbonyl (C=O) groups is 3. The molecule has 1 N–H and O–H groups in total. The molecule has 0 aromatic heterocycles. The number of nitrogens with zero attached hydrogens (tertiary/aromatic N) is 1. The van der Waals surface area contributed by atoms with Gasteiger partial charge in [0, 0.05) is 11.8 Å². The van der Waals surface area contributed by atoms with Gasteiger partial charge < -0.3 is 24.3 Å². The van der Waals surface area contributed by atoms with Gasteiger partial charge in [0.2, 0.25) is 0 Å². The maximum absolute atomic E-state index is 12.9. The summed E-state index contributed by atoms with van der Waals surface area (Å²) in [7, 11) is 1.33. The Labute approximate surface area is 189 Å². The summed E-state index contributed by atoms with van der Waals surface area (Å²) < 4.78 is 20.4. The van der Waals surface area contributed by atoms with Gasteiger partial charge in [-0.2, -0.15) is 0 Å². The maximum atomic E-state index is 12.9. The number of benzene rings is 2. The van der Waals surface area contributed by atoms with E-state index in [1.807, 2.05) is 0 Å². The van der Waals surface area contributed by atoms with Crippen LogP contribution in [0.1, 0.15) is 51.8 Å². The lowest BCUT2D eigenvalue weighted by atomic mass is 10.1. The molecule has 0 unspecified atom stereocenters. The fourth-order valence-corrected chi connectivity index (χ4v) is 2.87. The van der Waals surface area contributed by atoms with Crippen molar-refractivity contribution in [1.82, 2.24) is 0 Å². The SMILES string of the molecule is CCOC(=O)c1cc(NC(=O)c2cc(OC)c(OCC)cc2[N+](=O)[O-])cc(C(=O)OCC)c1. The van der Waals surface area contributed by atoms with E-state index in [1.54, 1.807) is 20.8 Å². The van der Waals surface area contributed by atoms with Crippen LogP contribution in [0, 0.1) is 10.1 Å². The molecule has 0 aliphatic heterocycles. The fourth-order valence-electron chi connectivity index (χ4n) is 2.87. The molecule has 33 heavy (non-hydrogen) atoms. The van der Waals surface area contributed by atoms with Crippen LogP contribution >= 0.6 is 0 Å². The van der Waals surface area contributed by atoms with Crippen LogP contribution in [0.4, 0.5) is 11.4 Å². The Kier molecular flexibility index (Phi) is 8.72. The third kappa shape index (κ3) is 6.19. The van der Waals surface area contributed by atoms with Gasteiger partial charge in [0.25, 0.3) is 11.6 Å². The predicted molar refractivity (Wildman–Crippen MR) is 117 cm³/mol. The second-order valence-corrected chi connectivity index (χ2v) is 6.40. The molecule has 0 atom stereocenters. The Morgan fingerprint density at radius 2 is 1.45 bits per heavy atom. The Morgan fingerprint density at radius 3 is 1.91 bits per heavy atom. The van der Waals surface area contributed by atoms with Crippen molar-refractivity contribution < 1.29 is 38.3 Å². The zero-order valence-corrected chi connectivity index (χ0v) is 18.6. The minimum Gasteiger partial charge on any atom is -0.493 e. The molecule has 0 saturated heterocycles. The van der Waals surface area contributed by atoms with Crippen LogP contribution in [-0.2, 0) is 9.47 Å². The topological polar surface area (TPSA) is 143 Å². The maximum Gasteiger partial charge on any atom is 0.338 e. The average Bonchev–Trinajstić information content (AvgIpc) is 2.78. The summed E-state index contributed by atoms with van der Waals surface area (Å²) >= 11 is 0. The molecular formula is C22H24N2O9. The number of esters is 2. The van der Waals surface area contributed by atoms with Crippen LogP contribution < -0.4 is 14.8 Å². The Hall–Kier alpha value is -4.15. The highest BCUT2D eigenvalue weighted by Gasteiger charge is 2.25. The first-order chi connectivity index (χ1) is 15.7. The van der Waals surface area contributed by atoms with Crippen LogP contribution in [-0.4, -0.2) is 49.7 Å². The highest BCUT2D eigenvalue weighted by Crippen LogP contribution is 2.35. The first-order valence-corrected chi connectivity index (χ1v) is 10.0. The van der Waals surface area contributed by atoms with Crippen molar-refractivity contribution in [2.45, 2.75) is 20.8 Å². The molecule has 0 heterocycles. The van der Waals surface area contributed by atoms with E-state index in [9.17, 15) is 24.5 Å². The average molecular weight is 460 g/mol. The number of nitrogens with one attached hydrogen (secondary N) is 1. The minimum atomic E-state index is -0.862. The number of rotatable bonds is 10. The standard InChI is InChI=1S/C22H24N2O9/c1-5-31-19-12-17(24(28)29)16(11-18(19)30-4)20(25)23-15-9-13(21(26)32-6-2)8-14(10-15)22(27)33-7-3/h8-12H,5-7H2,1-4H3,(H,23,25). The third-order valence-electron chi connectivity index (χ3n) is 4.24. The highest BCUT2D eigenvalue weighted by molar-refractivity contribution is 6.08. The van der Waals surface area contributed by atoms with Crippen LogP contribution in [0.3, 0.4) is 0 Å². The monoisotopic (exact) mass is 460 g/mol. The van der Waals surface area contributed by atoms with Gasteiger partial charge in [-0.15, -0.1) is 0 Å². The number of nitro groups is 1. The number of nitro benzene ring substituents is 1. The van der Waals surface area contributed by atoms with Crippen LogP contribution in [0.5, 0.6) is 11.5 Å². The lowest BCUT2D eigenvalue weighted by Crippen LogP contribution is -2.16. The van der Waals surface area contributed by atoms with Gasteiger partial charge >= 0.3 is 11.9 Å². The van der Waals surface area contributed by atoms with Gasteiger partial charge in [0.05, 0.1) is 49.0 Å². The molecule has 0 bridgehead atoms. The van der Waals surface area contributed by atoms with Crippen molar-refractivity contribution in [3.63, 3.8) is 0 Å². The molecule has 11 nitrogen and oxygen atoms in total. The molecule has 2 aromatic rings. The van der Waals surface area contributed by atoms with Gasteiger partial charge in [-0.1, -0.05) is 0 Å². The molecule has 1 amide bonds. The van der Waals surface area contributed by atoms with Crippen molar-refractivity contribution in [3.8, 4) is 11.5 Å². The third-order valence-corrected chi connectivity index (χ3v) is 4.24. The molecule has 11 heteroatoms. The summed E-state index contributed by atoms with van der Waals surface area (Å²) in [5.74, 6) is -2.06. The first kappa shape index (κ1) is 25.1. The smallest absolute Gasteiger partial charge is 0.338 e. The summed E-state index contributed by atoms with van der Waals surface area (Å²) in [5, 5.41) is 14.0. The second-order valence-electron chi connectivity index (χ2n) is 6.40. The van der Waals surface area contributed by atoms with E-state index in [4.69, 9.17) is 18.9 Å². The number of ether oxygens (including phenoxy) is 4. The zero-order valence-electron chi connectivity index (χ0n) is 18.6. The summed E-state index contributed by atoms with van der Waals surface area (Å²) in [6.07, 6.45) is 0. The van der Waals surface area contributed by atoms with Crippen molar-refractivity contribution >= 4 is 29.2 Å². The van der Waals surface area contributed by atoms with Crippen LogP contribution in [0.15, 0.2) is 30.3 Å². The molecule has 0 spiro atoms. The lowest BCUT2D eigenvalue weighted by molar-refractivity contribution is -0.385. The van der Waals surface area contributed by atoms with E-state index < -0.39 is 28.5 Å². The number of hydrogen-bond acceptors (Lipinski definition) is 9. The quantitative estimate of drug-likeness (QED) is 0.319. The number of methoxy groups -OCH3 is 1. The number of hydrogen-bond donors (Lipinski definition) is 1. The summed E-state index contributed by atoms with van der Waals surface area (Å²) in [6, 6.07) is 6.12. The molecule has 0 aliphatic rings. The van der Waals surface area contributed by atoms with Gasteiger partial charge in [-0.3, -0.25) is 14.9 Å². The van der Waals surface area contributed by atoms with Gasteiger partial charge in [0.15, 0.2) is 11.5 Å². The predicted octanol–water partition coefficient (Wildman–Crippen LogP) is 3.61. The number of anilines is 1. The number of carbonyl (C=O) groups excluding carboxylic acids is 3. The largest absolute Gasteiger partial charge is 0.493 e. The van der Waals surface area contributed by atoms with E-state index in [1.165, 1.54) is 31.4 Å². The van der Waals surface area contributed by atoms with Crippen molar-refractivity contribution in [2.75, 3.05) is 32.2 Å². The summed E-state index contributed by atoms with van der Waals surface area (Å²) in [6.45, 7) is 5.37. The van der Waals surface area contributed by atoms with Crippen molar-refractivity contribution in [2.24, 2.45) is 0 Å². The minimum absolute atomic E-state index is 0.00326. The van der Waals surface area contributed by atoms with Crippen LogP contribution in [0.2, 0.25) is 0 Å². The lowest BCUT2D eigenvalue weighted by Gasteiger charge is -2.13. The van der Waals surface area contributed by atoms with Crippen molar-refractivity contribution in [3.05, 3.63) is 57.1 Å². The summed E-state index contributed by atoms with van der Waals surface area (Å²) in [5.41, 5.74) is -0.785. The normalized spacial score (nSPS) is 10.2. The number of amides is 1. The van der Waals surface area contributed by atoms with Crippen molar-refractivity contribution in [1.29, 1.82) is 0 Å². The van der Waals surface area contributed by atoms with Gasteiger partial charge in [-0.25, -0.2) is 9.59 Å². The molecule has 2 rings (SSSR count). The molecule has 2 aromatic carbocycles. The molecular weight excluding hydrogens is 436 g/mol. The Bertz CT molecular complexity index is 1030. The Morgan fingerprint density at radius 1 is 0.879 bits per heavy atom. The summed E-state index contributed by atoms with van der Waals surface area (Å²) in [4.78, 5) is 48.2. The molecule has 0 aliphatic carbocycles. The van der Waals surface area contributed by atoms with E-state index in [0.717, 1.165) is 6.07 Å². The molecule has 0 saturated carbocycles. The van der Waals surface area contributed by atoms with E-state index in [2.05, 4.69) is 5.32 Å². The van der Waals surface area contributed by atoms with Crippen LogP contribution in [0.25, 0.3) is 0 Å². The van der Waals surface area contributed by atoms with E-state index in [-0.39, 0.29) is 53.7 Å². The Balaban J connectivity index is 2.51. The molecule has 0 radical (unpaired) electrons. The second kappa shape index (κ2) is 11.5. The molecule has 176 valence electrons.